The molecule has 6 N–H and O–H groups in total. The standard InChI is InChI=1S/C14H22.C12H16.C12H18.C11H16O.C11H14.C11H16.6CH4O2/c1-6-11(2)12-8-7-9-13(10-12)14(3,4)5;1-9-7-11-5-3-4-6-12(11)8-10(9)2;1-4-10(3)12-8-6-7-11(5-2)9-12;1-4-9(2)10-5-7-11(12-3)8-6-10;1-8-7-10-5-3-4-6-11(10)9(8)2;1-4-10(3)11-7-5-9(2)6-8-11;6*1-3-2/h7-11H,6H2,1-5H3;3-6,9-10H,7-8H2,1-2H3;6-10H,4-5H2,1-3H3;5-9H,4H2,1-3H3;3-6,8-9H,7H2,1-2H3;5-8,10H,4H2,1-3H3;6*2H,1H3. The van der Waals surface area contributed by atoms with Crippen molar-refractivity contribution < 1.29 is 65.6 Å². The number of fused-ring (bicyclic) bond motifs is 2. The van der Waals surface area contributed by atoms with Crippen LogP contribution in [-0.2, 0) is 60.4 Å². The highest BCUT2D eigenvalue weighted by molar-refractivity contribution is 5.36. The highest BCUT2D eigenvalue weighted by Gasteiger charge is 2.24. The molecule has 0 saturated carbocycles. The van der Waals surface area contributed by atoms with Crippen molar-refractivity contribution in [3.05, 3.63) is 207 Å². The van der Waals surface area contributed by atoms with Gasteiger partial charge in [-0.1, -0.05) is 250 Å². The van der Waals surface area contributed by atoms with E-state index in [4.69, 9.17) is 36.3 Å². The summed E-state index contributed by atoms with van der Waals surface area (Å²) in [5, 5.41) is 42.4. The van der Waals surface area contributed by atoms with E-state index in [0.29, 0.717) is 23.7 Å². The number of benzene rings is 6. The van der Waals surface area contributed by atoms with Crippen molar-refractivity contribution in [2.24, 2.45) is 17.8 Å². The first-order valence-corrected chi connectivity index (χ1v) is 31.9. The minimum absolute atomic E-state index is 0.267. The Morgan fingerprint density at radius 2 is 0.733 bits per heavy atom. The van der Waals surface area contributed by atoms with E-state index in [2.05, 4.69) is 280 Å². The molecule has 8 unspecified atom stereocenters. The average molecular weight is 1260 g/mol. The van der Waals surface area contributed by atoms with Gasteiger partial charge in [-0.05, 0) is 179 Å². The van der Waals surface area contributed by atoms with E-state index in [1.54, 1.807) is 29.4 Å². The van der Waals surface area contributed by atoms with Gasteiger partial charge in [-0.3, -0.25) is 31.5 Å². The molecule has 6 aromatic carbocycles. The van der Waals surface area contributed by atoms with Gasteiger partial charge < -0.3 is 4.74 Å². The van der Waals surface area contributed by atoms with E-state index in [1.165, 1.54) is 127 Å². The molecule has 8 rings (SSSR count). The van der Waals surface area contributed by atoms with Crippen molar-refractivity contribution in [2.45, 2.75) is 204 Å². The molecule has 13 heteroatoms. The average Bonchev–Trinajstić information content (AvgIpc) is 1.62. The fourth-order valence-corrected chi connectivity index (χ4v) is 9.25. The maximum Gasteiger partial charge on any atom is 0.118 e. The van der Waals surface area contributed by atoms with Crippen LogP contribution in [0.25, 0.3) is 0 Å². The van der Waals surface area contributed by atoms with Crippen LogP contribution in [0.4, 0.5) is 0 Å². The molecule has 90 heavy (non-hydrogen) atoms. The SMILES string of the molecule is CC1Cc2ccccc2C1C.CC1Cc2ccccc2CC1C.CCC(C)c1ccc(C)cc1.CCC(C)c1ccc(OC)cc1.CCC(C)c1cccc(C(C)(C)C)c1.CCc1cccc(C(C)CC)c1.COO.COO.COO.COO.COO.COO. The molecular formula is C77H126O13. The molecule has 0 spiro atoms. The molecule has 2 aliphatic rings. The van der Waals surface area contributed by atoms with Gasteiger partial charge >= 0.3 is 0 Å². The topological polar surface area (TPSA) is 186 Å². The van der Waals surface area contributed by atoms with Crippen LogP contribution in [0.2, 0.25) is 0 Å². The highest BCUT2D eigenvalue weighted by atomic mass is 17.1. The fraction of sp³-hybridized carbons (Fsp3) is 0.532. The summed E-state index contributed by atoms with van der Waals surface area (Å²) in [7, 11) is 8.78. The molecule has 0 heterocycles. The monoisotopic (exact) mass is 1260 g/mol. The molecule has 0 radical (unpaired) electrons. The molecule has 0 fully saturated rings. The summed E-state index contributed by atoms with van der Waals surface area (Å²) >= 11 is 0. The summed E-state index contributed by atoms with van der Waals surface area (Å²) in [5.41, 5.74) is 16.6. The smallest absolute Gasteiger partial charge is 0.118 e. The van der Waals surface area contributed by atoms with Crippen LogP contribution in [0.1, 0.15) is 227 Å². The predicted octanol–water partition coefficient (Wildman–Crippen LogP) is 21.7. The zero-order valence-electron chi connectivity index (χ0n) is 60.2. The van der Waals surface area contributed by atoms with Crippen molar-refractivity contribution in [1.29, 1.82) is 0 Å². The van der Waals surface area contributed by atoms with E-state index in [-0.39, 0.29) is 5.41 Å². The minimum atomic E-state index is 0.267. The van der Waals surface area contributed by atoms with Crippen LogP contribution >= 0.6 is 0 Å². The Morgan fingerprint density at radius 1 is 0.400 bits per heavy atom. The minimum Gasteiger partial charge on any atom is -0.497 e. The number of aryl methyl sites for hydroxylation is 2. The van der Waals surface area contributed by atoms with Crippen LogP contribution in [0, 0.1) is 24.7 Å². The molecule has 6 aromatic rings. The van der Waals surface area contributed by atoms with Crippen molar-refractivity contribution in [2.75, 3.05) is 49.8 Å². The van der Waals surface area contributed by atoms with Crippen LogP contribution in [-0.4, -0.2) is 81.3 Å². The van der Waals surface area contributed by atoms with Crippen LogP contribution in [0.3, 0.4) is 0 Å². The molecule has 0 aliphatic heterocycles. The van der Waals surface area contributed by atoms with Gasteiger partial charge in [0.2, 0.25) is 0 Å². The number of hydrogen-bond acceptors (Lipinski definition) is 13. The second kappa shape index (κ2) is 57.5. The first kappa shape index (κ1) is 91.1. The van der Waals surface area contributed by atoms with Crippen molar-refractivity contribution in [3.8, 4) is 5.75 Å². The van der Waals surface area contributed by atoms with E-state index in [9.17, 15) is 0 Å². The molecule has 0 saturated heterocycles. The van der Waals surface area contributed by atoms with Gasteiger partial charge in [-0.2, -0.15) is 0 Å². The number of hydrogen-bond donors (Lipinski definition) is 6. The lowest BCUT2D eigenvalue weighted by Gasteiger charge is -2.27. The Kier molecular flexibility index (Phi) is 58.2. The summed E-state index contributed by atoms with van der Waals surface area (Å²) in [6, 6.07) is 52.7. The van der Waals surface area contributed by atoms with E-state index < -0.39 is 0 Å². The Labute approximate surface area is 547 Å². The van der Waals surface area contributed by atoms with E-state index in [1.807, 2.05) is 12.1 Å². The Hall–Kier alpha value is -5.36. The van der Waals surface area contributed by atoms with Gasteiger partial charge in [0, 0.05) is 0 Å². The largest absolute Gasteiger partial charge is 0.497 e. The van der Waals surface area contributed by atoms with Gasteiger partial charge in [0.25, 0.3) is 0 Å². The maximum atomic E-state index is 7.07. The summed E-state index contributed by atoms with van der Waals surface area (Å²) in [6.45, 7) is 38.5. The Balaban J connectivity index is -0.000000468. The lowest BCUT2D eigenvalue weighted by molar-refractivity contribution is -0.215. The molecule has 2 aliphatic carbocycles. The quantitative estimate of drug-likeness (QED) is 0.0563. The third-order valence-electron chi connectivity index (χ3n) is 16.1. The summed E-state index contributed by atoms with van der Waals surface area (Å²) in [6.07, 6.45) is 9.83. The summed E-state index contributed by atoms with van der Waals surface area (Å²) < 4.78 is 5.08. The lowest BCUT2D eigenvalue weighted by Crippen LogP contribution is -2.20. The van der Waals surface area contributed by atoms with Crippen LogP contribution < -0.4 is 4.74 Å². The lowest BCUT2D eigenvalue weighted by atomic mass is 9.78. The summed E-state index contributed by atoms with van der Waals surface area (Å²) in [4.78, 5) is 19.5. The third-order valence-corrected chi connectivity index (χ3v) is 16.1. The van der Waals surface area contributed by atoms with Gasteiger partial charge in [-0.15, -0.1) is 0 Å². The van der Waals surface area contributed by atoms with Crippen molar-refractivity contribution in [3.63, 3.8) is 0 Å². The first-order valence-electron chi connectivity index (χ1n) is 31.9. The Morgan fingerprint density at radius 3 is 1.09 bits per heavy atom. The second-order valence-corrected chi connectivity index (χ2v) is 23.8. The number of ether oxygens (including phenoxy) is 1. The molecule has 0 aromatic heterocycles. The Bertz CT molecular complexity index is 2490. The first-order chi connectivity index (χ1) is 42.8. The van der Waals surface area contributed by atoms with E-state index >= 15 is 0 Å². The molecule has 512 valence electrons. The van der Waals surface area contributed by atoms with Crippen LogP contribution in [0.15, 0.2) is 146 Å². The third kappa shape index (κ3) is 41.9. The molecular weight excluding hydrogens is 1130 g/mol. The van der Waals surface area contributed by atoms with Gasteiger partial charge in [0.1, 0.15) is 5.75 Å². The van der Waals surface area contributed by atoms with Gasteiger partial charge in [0.15, 0.2) is 0 Å². The zero-order valence-corrected chi connectivity index (χ0v) is 60.2. The number of methoxy groups -OCH3 is 1. The second-order valence-electron chi connectivity index (χ2n) is 23.8. The molecule has 13 nitrogen and oxygen atoms in total. The van der Waals surface area contributed by atoms with Crippen LogP contribution in [0.5, 0.6) is 5.75 Å². The van der Waals surface area contributed by atoms with E-state index in [0.717, 1.165) is 35.8 Å². The molecule has 8 atom stereocenters. The normalized spacial score (nSPS) is 15.6. The van der Waals surface area contributed by atoms with Gasteiger partial charge in [-0.25, -0.2) is 29.3 Å². The molecule has 0 amide bonds. The van der Waals surface area contributed by atoms with Crippen molar-refractivity contribution >= 4 is 0 Å². The maximum absolute atomic E-state index is 7.07. The number of rotatable bonds is 10. The van der Waals surface area contributed by atoms with Gasteiger partial charge in [0.05, 0.1) is 49.8 Å². The highest BCUT2D eigenvalue weighted by Crippen LogP contribution is 2.37. The van der Waals surface area contributed by atoms with Crippen molar-refractivity contribution in [1.82, 2.24) is 0 Å². The summed E-state index contributed by atoms with van der Waals surface area (Å²) in [5.74, 6) is 7.00. The predicted molar refractivity (Wildman–Crippen MR) is 378 cm³/mol. The molecule has 0 bridgehead atoms. The zero-order chi connectivity index (χ0) is 69.6. The fourth-order valence-electron chi connectivity index (χ4n) is 9.25.